The van der Waals surface area contributed by atoms with Gasteiger partial charge in [0.05, 0.1) is 17.7 Å². The number of methoxy groups -OCH3 is 1. The number of sulfonamides is 1. The number of hydrogen-bond donors (Lipinski definition) is 1. The molecule has 48 heavy (non-hydrogen) atoms. The second kappa shape index (κ2) is 15.9. The highest BCUT2D eigenvalue weighted by molar-refractivity contribution is 7.92. The summed E-state index contributed by atoms with van der Waals surface area (Å²) in [6, 6.07) is 26.5. The molecule has 1 saturated carbocycles. The Morgan fingerprint density at radius 2 is 1.58 bits per heavy atom. The molecule has 1 aliphatic rings. The zero-order valence-electron chi connectivity index (χ0n) is 26.9. The van der Waals surface area contributed by atoms with Gasteiger partial charge in [0.15, 0.2) is 0 Å². The van der Waals surface area contributed by atoms with E-state index in [2.05, 4.69) is 5.32 Å². The van der Waals surface area contributed by atoms with E-state index in [1.807, 2.05) is 37.3 Å². The summed E-state index contributed by atoms with van der Waals surface area (Å²) in [4.78, 5) is 30.4. The molecule has 4 aromatic carbocycles. The standard InChI is InChI=1S/C37H39Cl2N3O5S/c1-26-17-20-35(47-2)33(21-26)42(48(45,46)31-15-7-4-8-16-31)25-36(43)41(24-28-18-19-29(38)23-32(28)39)34(22-27-11-5-3-6-12-27)37(44)40-30-13-9-10-14-30/h3-8,11-12,15-21,23,30,34H,9-10,13-14,22,24-25H2,1-2H3,(H,40,44). The van der Waals surface area contributed by atoms with Crippen LogP contribution >= 0.6 is 23.2 Å². The Morgan fingerprint density at radius 1 is 0.917 bits per heavy atom. The number of anilines is 1. The van der Waals surface area contributed by atoms with Gasteiger partial charge in [-0.3, -0.25) is 13.9 Å². The van der Waals surface area contributed by atoms with E-state index >= 15 is 0 Å². The van der Waals surface area contributed by atoms with Crippen LogP contribution in [0, 0.1) is 6.92 Å². The molecule has 0 radical (unpaired) electrons. The summed E-state index contributed by atoms with van der Waals surface area (Å²) in [5.74, 6) is -0.624. The zero-order chi connectivity index (χ0) is 34.3. The number of nitrogens with zero attached hydrogens (tertiary/aromatic N) is 2. The van der Waals surface area contributed by atoms with Crippen LogP contribution in [-0.2, 0) is 32.6 Å². The van der Waals surface area contributed by atoms with Crippen molar-refractivity contribution in [2.75, 3.05) is 18.0 Å². The molecule has 1 N–H and O–H groups in total. The molecule has 252 valence electrons. The summed E-state index contributed by atoms with van der Waals surface area (Å²) >= 11 is 12.8. The van der Waals surface area contributed by atoms with E-state index in [0.29, 0.717) is 15.6 Å². The molecule has 0 spiro atoms. The Hall–Kier alpha value is -4.05. The van der Waals surface area contributed by atoms with Crippen LogP contribution in [0.25, 0.3) is 0 Å². The Balaban J connectivity index is 1.61. The predicted octanol–water partition coefficient (Wildman–Crippen LogP) is 7.20. The van der Waals surface area contributed by atoms with Gasteiger partial charge in [-0.25, -0.2) is 8.42 Å². The van der Waals surface area contributed by atoms with Gasteiger partial charge in [-0.1, -0.05) is 96.7 Å². The molecule has 2 amide bonds. The summed E-state index contributed by atoms with van der Waals surface area (Å²) in [7, 11) is -2.83. The molecular formula is C37H39Cl2N3O5S. The minimum Gasteiger partial charge on any atom is -0.495 e. The normalized spacial score (nSPS) is 13.9. The molecule has 0 bridgehead atoms. The summed E-state index contributed by atoms with van der Waals surface area (Å²) < 4.78 is 35.3. The Labute approximate surface area is 292 Å². The van der Waals surface area contributed by atoms with Gasteiger partial charge in [-0.05, 0) is 72.9 Å². The summed E-state index contributed by atoms with van der Waals surface area (Å²) in [6.07, 6.45) is 3.95. The number of ether oxygens (including phenoxy) is 1. The van der Waals surface area contributed by atoms with Gasteiger partial charge < -0.3 is 15.0 Å². The van der Waals surface area contributed by atoms with Crippen molar-refractivity contribution in [1.82, 2.24) is 10.2 Å². The first-order valence-corrected chi connectivity index (χ1v) is 18.1. The molecule has 0 aliphatic heterocycles. The first-order chi connectivity index (χ1) is 23.1. The van der Waals surface area contributed by atoms with Crippen LogP contribution in [0.1, 0.15) is 42.4 Å². The average molecular weight is 709 g/mol. The molecule has 1 unspecified atom stereocenters. The van der Waals surface area contributed by atoms with E-state index in [-0.39, 0.29) is 41.2 Å². The van der Waals surface area contributed by atoms with E-state index in [9.17, 15) is 18.0 Å². The van der Waals surface area contributed by atoms with Gasteiger partial charge in [0.25, 0.3) is 10.0 Å². The number of aryl methyl sites for hydroxylation is 1. The van der Waals surface area contributed by atoms with E-state index < -0.39 is 28.5 Å². The average Bonchev–Trinajstić information content (AvgIpc) is 3.59. The van der Waals surface area contributed by atoms with Crippen LogP contribution in [0.3, 0.4) is 0 Å². The van der Waals surface area contributed by atoms with Crippen LogP contribution in [0.4, 0.5) is 5.69 Å². The molecule has 8 nitrogen and oxygen atoms in total. The summed E-state index contributed by atoms with van der Waals surface area (Å²) in [6.45, 7) is 1.16. The smallest absolute Gasteiger partial charge is 0.264 e. The molecule has 4 aromatic rings. The monoisotopic (exact) mass is 707 g/mol. The molecule has 1 fully saturated rings. The molecular weight excluding hydrogens is 669 g/mol. The van der Waals surface area contributed by atoms with Crippen LogP contribution < -0.4 is 14.4 Å². The second-order valence-corrected chi connectivity index (χ2v) is 14.7. The lowest BCUT2D eigenvalue weighted by atomic mass is 10.0. The Bertz CT molecular complexity index is 1830. The molecule has 0 saturated heterocycles. The SMILES string of the molecule is COc1ccc(C)cc1N(CC(=O)N(Cc1ccc(Cl)cc1Cl)C(Cc1ccccc1)C(=O)NC1CCCC1)S(=O)(=O)c1ccccc1. The molecule has 0 aromatic heterocycles. The van der Waals surface area contributed by atoms with Crippen molar-refractivity contribution in [2.45, 2.75) is 62.6 Å². The zero-order valence-corrected chi connectivity index (χ0v) is 29.3. The number of carbonyl (C=O) groups excluding carboxylic acids is 2. The van der Waals surface area contributed by atoms with Crippen molar-refractivity contribution in [3.63, 3.8) is 0 Å². The van der Waals surface area contributed by atoms with E-state index in [4.69, 9.17) is 27.9 Å². The second-order valence-electron chi connectivity index (χ2n) is 12.0. The van der Waals surface area contributed by atoms with Crippen molar-refractivity contribution in [3.8, 4) is 5.75 Å². The number of nitrogens with one attached hydrogen (secondary N) is 1. The summed E-state index contributed by atoms with van der Waals surface area (Å²) in [5.41, 5.74) is 2.38. The maximum atomic E-state index is 14.8. The highest BCUT2D eigenvalue weighted by Gasteiger charge is 2.36. The Kier molecular flexibility index (Phi) is 11.7. The number of rotatable bonds is 13. The van der Waals surface area contributed by atoms with Gasteiger partial charge in [-0.2, -0.15) is 0 Å². The van der Waals surface area contributed by atoms with Crippen LogP contribution in [0.15, 0.2) is 102 Å². The van der Waals surface area contributed by atoms with Gasteiger partial charge in [0.2, 0.25) is 11.8 Å². The lowest BCUT2D eigenvalue weighted by Gasteiger charge is -2.35. The minimum atomic E-state index is -4.28. The van der Waals surface area contributed by atoms with Crippen molar-refractivity contribution >= 4 is 50.7 Å². The first-order valence-electron chi connectivity index (χ1n) is 15.9. The van der Waals surface area contributed by atoms with Crippen LogP contribution in [0.5, 0.6) is 5.75 Å². The van der Waals surface area contributed by atoms with E-state index in [1.54, 1.807) is 54.6 Å². The first kappa shape index (κ1) is 35.3. The topological polar surface area (TPSA) is 96.0 Å². The number of halogens is 2. The number of carbonyl (C=O) groups is 2. The number of amides is 2. The maximum absolute atomic E-state index is 14.8. The lowest BCUT2D eigenvalue weighted by Crippen LogP contribution is -2.54. The largest absolute Gasteiger partial charge is 0.495 e. The Morgan fingerprint density at radius 3 is 2.23 bits per heavy atom. The van der Waals surface area contributed by atoms with Crippen LogP contribution in [-0.4, -0.2) is 50.9 Å². The van der Waals surface area contributed by atoms with Crippen molar-refractivity contribution in [3.05, 3.63) is 124 Å². The van der Waals surface area contributed by atoms with Crippen molar-refractivity contribution in [1.29, 1.82) is 0 Å². The van der Waals surface area contributed by atoms with E-state index in [1.165, 1.54) is 24.1 Å². The van der Waals surface area contributed by atoms with E-state index in [0.717, 1.165) is 41.1 Å². The molecule has 11 heteroatoms. The van der Waals surface area contributed by atoms with Gasteiger partial charge >= 0.3 is 0 Å². The van der Waals surface area contributed by atoms with Gasteiger partial charge in [0.1, 0.15) is 18.3 Å². The number of hydrogen-bond acceptors (Lipinski definition) is 5. The van der Waals surface area contributed by atoms with Crippen molar-refractivity contribution < 1.29 is 22.7 Å². The molecule has 5 rings (SSSR count). The van der Waals surface area contributed by atoms with Crippen LogP contribution in [0.2, 0.25) is 10.0 Å². The third-order valence-corrected chi connectivity index (χ3v) is 10.9. The quantitative estimate of drug-likeness (QED) is 0.159. The minimum absolute atomic E-state index is 0.00152. The van der Waals surface area contributed by atoms with Gasteiger partial charge in [0, 0.05) is 29.1 Å². The predicted molar refractivity (Wildman–Crippen MR) is 190 cm³/mol. The maximum Gasteiger partial charge on any atom is 0.264 e. The number of benzene rings is 4. The van der Waals surface area contributed by atoms with Gasteiger partial charge in [-0.15, -0.1) is 0 Å². The fourth-order valence-corrected chi connectivity index (χ4v) is 7.89. The highest BCUT2D eigenvalue weighted by atomic mass is 35.5. The lowest BCUT2D eigenvalue weighted by molar-refractivity contribution is -0.140. The third-order valence-electron chi connectivity index (χ3n) is 8.54. The fraction of sp³-hybridized carbons (Fsp3) is 0.297. The summed E-state index contributed by atoms with van der Waals surface area (Å²) in [5, 5.41) is 3.92. The fourth-order valence-electron chi connectivity index (χ4n) is 5.98. The molecule has 0 heterocycles. The molecule has 1 atom stereocenters. The molecule has 1 aliphatic carbocycles. The third kappa shape index (κ3) is 8.50. The highest BCUT2D eigenvalue weighted by Crippen LogP contribution is 2.34. The van der Waals surface area contributed by atoms with Crippen molar-refractivity contribution in [2.24, 2.45) is 0 Å².